The summed E-state index contributed by atoms with van der Waals surface area (Å²) in [6.45, 7) is 0.259. The van der Waals surface area contributed by atoms with E-state index in [1.165, 1.54) is 29.3 Å². The maximum Gasteiger partial charge on any atom is 0.342 e. The van der Waals surface area contributed by atoms with Crippen molar-refractivity contribution in [2.24, 2.45) is 5.10 Å². The Labute approximate surface area is 215 Å². The van der Waals surface area contributed by atoms with Crippen molar-refractivity contribution >= 4 is 33.4 Å². The van der Waals surface area contributed by atoms with Crippen LogP contribution >= 0.6 is 15.9 Å². The number of rotatable bonds is 5. The van der Waals surface area contributed by atoms with Gasteiger partial charge in [-0.1, -0.05) is 40.2 Å². The third-order valence-corrected chi connectivity index (χ3v) is 6.24. The Bertz CT molecular complexity index is 1390. The van der Waals surface area contributed by atoms with Crippen molar-refractivity contribution in [3.8, 4) is 11.5 Å². The van der Waals surface area contributed by atoms with E-state index in [4.69, 9.17) is 4.74 Å². The maximum absolute atomic E-state index is 13.5. The van der Waals surface area contributed by atoms with Crippen molar-refractivity contribution in [1.82, 2.24) is 5.01 Å². The van der Waals surface area contributed by atoms with Crippen molar-refractivity contribution in [3.63, 3.8) is 0 Å². The Morgan fingerprint density at radius 2 is 1.39 bits per heavy atom. The number of amides is 2. The van der Waals surface area contributed by atoms with E-state index >= 15 is 0 Å². The van der Waals surface area contributed by atoms with E-state index in [0.29, 0.717) is 28.5 Å². The van der Waals surface area contributed by atoms with Gasteiger partial charge in [0.15, 0.2) is 0 Å². The number of ether oxygens (including phenoxy) is 1. The van der Waals surface area contributed by atoms with Gasteiger partial charge in [0, 0.05) is 16.1 Å². The van der Waals surface area contributed by atoms with Gasteiger partial charge in [0.1, 0.15) is 23.1 Å². The van der Waals surface area contributed by atoms with Gasteiger partial charge >= 0.3 is 6.03 Å². The average Bonchev–Trinajstić information content (AvgIpc) is 3.33. The van der Waals surface area contributed by atoms with Crippen molar-refractivity contribution in [1.29, 1.82) is 0 Å². The number of nitrogens with zero attached hydrogens (tertiary/aromatic N) is 2. The molecule has 0 aliphatic carbocycles. The SMILES string of the molecule is O=C(Nc1ccc(Oc2ccc(Br)cc2)cc1)N1CC(c2ccc(F)cc2)C(c2ccc(F)cc2)=N1. The van der Waals surface area contributed by atoms with Crippen molar-refractivity contribution in [2.45, 2.75) is 5.92 Å². The van der Waals surface area contributed by atoms with Crippen LogP contribution in [0, 0.1) is 11.6 Å². The first-order valence-electron chi connectivity index (χ1n) is 11.2. The fourth-order valence-electron chi connectivity index (χ4n) is 3.90. The van der Waals surface area contributed by atoms with E-state index in [2.05, 4.69) is 26.3 Å². The molecule has 1 unspecified atom stereocenters. The number of halogens is 3. The van der Waals surface area contributed by atoms with E-state index in [-0.39, 0.29) is 24.1 Å². The normalized spacial score (nSPS) is 14.9. The van der Waals surface area contributed by atoms with Crippen molar-refractivity contribution in [3.05, 3.63) is 124 Å². The molecule has 1 aliphatic heterocycles. The molecule has 0 aromatic heterocycles. The van der Waals surface area contributed by atoms with Crippen LogP contribution in [0.25, 0.3) is 0 Å². The number of hydrazone groups is 1. The molecule has 0 saturated heterocycles. The number of anilines is 1. The van der Waals surface area contributed by atoms with Crippen LogP contribution in [0.15, 0.2) is 107 Å². The third kappa shape index (κ3) is 5.44. The highest BCUT2D eigenvalue weighted by Crippen LogP contribution is 2.30. The van der Waals surface area contributed by atoms with Crippen LogP contribution in [-0.4, -0.2) is 23.3 Å². The van der Waals surface area contributed by atoms with Crippen LogP contribution < -0.4 is 10.1 Å². The Morgan fingerprint density at radius 3 is 2.00 bits per heavy atom. The quantitative estimate of drug-likeness (QED) is 0.280. The molecule has 5 nitrogen and oxygen atoms in total. The van der Waals surface area contributed by atoms with Gasteiger partial charge in [-0.3, -0.25) is 0 Å². The molecule has 2 amide bonds. The van der Waals surface area contributed by atoms with Crippen LogP contribution in [0.1, 0.15) is 17.0 Å². The lowest BCUT2D eigenvalue weighted by molar-refractivity contribution is 0.218. The number of hydrogen-bond acceptors (Lipinski definition) is 3. The molecule has 8 heteroatoms. The molecule has 1 heterocycles. The van der Waals surface area contributed by atoms with Gasteiger partial charge in [-0.25, -0.2) is 18.6 Å². The number of nitrogens with one attached hydrogen (secondary N) is 1. The second kappa shape index (κ2) is 10.3. The number of carbonyl (C=O) groups excluding carboxylic acids is 1. The Morgan fingerprint density at radius 1 is 0.833 bits per heavy atom. The largest absolute Gasteiger partial charge is 0.457 e. The second-order valence-electron chi connectivity index (χ2n) is 8.19. The molecule has 4 aromatic rings. The van der Waals surface area contributed by atoms with E-state index in [1.54, 1.807) is 48.5 Å². The minimum atomic E-state index is -0.416. The molecule has 0 spiro atoms. The van der Waals surface area contributed by atoms with Gasteiger partial charge in [-0.05, 0) is 83.9 Å². The number of benzene rings is 4. The van der Waals surface area contributed by atoms with E-state index < -0.39 is 6.03 Å². The van der Waals surface area contributed by atoms with Gasteiger partial charge in [0.25, 0.3) is 0 Å². The first kappa shape index (κ1) is 23.7. The summed E-state index contributed by atoms with van der Waals surface area (Å²) < 4.78 is 33.8. The summed E-state index contributed by atoms with van der Waals surface area (Å²) in [6, 6.07) is 26.1. The molecule has 0 fully saturated rings. The monoisotopic (exact) mass is 547 g/mol. The van der Waals surface area contributed by atoms with Crippen LogP contribution in [0.4, 0.5) is 19.3 Å². The highest BCUT2D eigenvalue weighted by Gasteiger charge is 2.32. The smallest absolute Gasteiger partial charge is 0.342 e. The summed E-state index contributed by atoms with van der Waals surface area (Å²) >= 11 is 3.39. The van der Waals surface area contributed by atoms with E-state index in [1.807, 2.05) is 24.3 Å². The molecule has 0 saturated carbocycles. The summed E-state index contributed by atoms with van der Waals surface area (Å²) in [5.74, 6) is 0.326. The number of urea groups is 1. The van der Waals surface area contributed by atoms with E-state index in [9.17, 15) is 13.6 Å². The van der Waals surface area contributed by atoms with Crippen molar-refractivity contribution in [2.75, 3.05) is 11.9 Å². The molecule has 0 bridgehead atoms. The van der Waals surface area contributed by atoms with Gasteiger partial charge in [0.05, 0.1) is 12.3 Å². The maximum atomic E-state index is 13.5. The molecular weight excluding hydrogens is 528 g/mol. The predicted octanol–water partition coefficient (Wildman–Crippen LogP) is 7.56. The third-order valence-electron chi connectivity index (χ3n) is 5.72. The van der Waals surface area contributed by atoms with Crippen LogP contribution in [0.2, 0.25) is 0 Å². The molecule has 36 heavy (non-hydrogen) atoms. The summed E-state index contributed by atoms with van der Waals surface area (Å²) in [5.41, 5.74) is 2.68. The van der Waals surface area contributed by atoms with Gasteiger partial charge in [0.2, 0.25) is 0 Å². The minimum absolute atomic E-state index is 0.259. The fourth-order valence-corrected chi connectivity index (χ4v) is 4.16. The highest BCUT2D eigenvalue weighted by atomic mass is 79.9. The van der Waals surface area contributed by atoms with Crippen LogP contribution in [-0.2, 0) is 0 Å². The molecule has 1 aliphatic rings. The second-order valence-corrected chi connectivity index (χ2v) is 9.10. The first-order chi connectivity index (χ1) is 17.4. The van der Waals surface area contributed by atoms with Crippen molar-refractivity contribution < 1.29 is 18.3 Å². The number of hydrogen-bond donors (Lipinski definition) is 1. The predicted molar refractivity (Wildman–Crippen MR) is 138 cm³/mol. The number of carbonyl (C=O) groups is 1. The summed E-state index contributed by atoms with van der Waals surface area (Å²) in [5, 5.41) is 8.71. The molecule has 1 N–H and O–H groups in total. The average molecular weight is 548 g/mol. The summed E-state index contributed by atoms with van der Waals surface area (Å²) in [6.07, 6.45) is 0. The zero-order valence-corrected chi connectivity index (χ0v) is 20.5. The first-order valence-corrected chi connectivity index (χ1v) is 12.0. The van der Waals surface area contributed by atoms with Gasteiger partial charge in [-0.15, -0.1) is 0 Å². The van der Waals surface area contributed by atoms with Crippen LogP contribution in [0.3, 0.4) is 0 Å². The van der Waals surface area contributed by atoms with Crippen LogP contribution in [0.5, 0.6) is 11.5 Å². The fraction of sp³-hybridized carbons (Fsp3) is 0.0714. The summed E-state index contributed by atoms with van der Waals surface area (Å²) in [7, 11) is 0. The lowest BCUT2D eigenvalue weighted by Gasteiger charge is -2.16. The minimum Gasteiger partial charge on any atom is -0.457 e. The zero-order chi connectivity index (χ0) is 25.1. The molecule has 1 atom stereocenters. The molecular formula is C28H20BrF2N3O2. The van der Waals surface area contributed by atoms with E-state index in [0.717, 1.165) is 10.0 Å². The zero-order valence-electron chi connectivity index (χ0n) is 18.9. The lowest BCUT2D eigenvalue weighted by Crippen LogP contribution is -2.30. The Kier molecular flexibility index (Phi) is 6.77. The highest BCUT2D eigenvalue weighted by molar-refractivity contribution is 9.10. The lowest BCUT2D eigenvalue weighted by atomic mass is 9.90. The standard InChI is InChI=1S/C28H20BrF2N3O2/c29-20-5-13-24(14-6-20)36-25-15-11-23(12-16-25)32-28(35)34-17-26(18-1-7-21(30)8-2-18)27(33-34)19-3-9-22(31)10-4-19/h1-16,26H,17H2,(H,32,35). The summed E-state index contributed by atoms with van der Waals surface area (Å²) in [4.78, 5) is 13.0. The topological polar surface area (TPSA) is 53.9 Å². The Hall–Kier alpha value is -4.04. The molecule has 4 aromatic carbocycles. The van der Waals surface area contributed by atoms with Gasteiger partial charge < -0.3 is 10.1 Å². The Balaban J connectivity index is 1.32. The molecule has 0 radical (unpaired) electrons. The molecule has 5 rings (SSSR count). The molecule has 180 valence electrons. The van der Waals surface area contributed by atoms with Gasteiger partial charge in [-0.2, -0.15) is 5.10 Å².